The van der Waals surface area contributed by atoms with E-state index in [1.54, 1.807) is 17.6 Å². The lowest BCUT2D eigenvalue weighted by Crippen LogP contribution is -2.28. The molecule has 0 unspecified atom stereocenters. The van der Waals surface area contributed by atoms with Gasteiger partial charge in [0.25, 0.3) is 0 Å². The van der Waals surface area contributed by atoms with Crippen LogP contribution in [0.1, 0.15) is 5.69 Å². The summed E-state index contributed by atoms with van der Waals surface area (Å²) in [5.74, 6) is 2.81. The molecule has 8 nitrogen and oxygen atoms in total. The Morgan fingerprint density at radius 1 is 1.28 bits per heavy atom. The van der Waals surface area contributed by atoms with Crippen molar-refractivity contribution < 1.29 is 9.25 Å². The van der Waals surface area contributed by atoms with Gasteiger partial charge in [0.2, 0.25) is 0 Å². The maximum atomic E-state index is 5.80. The molecule has 25 heavy (non-hydrogen) atoms. The fourth-order valence-corrected chi connectivity index (χ4v) is 3.14. The first-order valence-corrected chi connectivity index (χ1v) is 8.61. The van der Waals surface area contributed by atoms with Crippen LogP contribution in [0.5, 0.6) is 0 Å². The molecule has 0 fully saturated rings. The van der Waals surface area contributed by atoms with Crippen molar-refractivity contribution in [3.63, 3.8) is 0 Å². The van der Waals surface area contributed by atoms with Gasteiger partial charge in [0.05, 0.1) is 18.2 Å². The molecule has 3 aromatic rings. The average molecular weight is 356 g/mol. The number of furan rings is 1. The normalized spacial score (nSPS) is 13.5. The minimum absolute atomic E-state index is 0.623. The lowest BCUT2D eigenvalue weighted by Gasteiger charge is -2.17. The van der Waals surface area contributed by atoms with E-state index in [0.717, 1.165) is 22.3 Å². The average Bonchev–Trinajstić information content (AvgIpc) is 3.34. The first-order valence-electron chi connectivity index (χ1n) is 7.63. The summed E-state index contributed by atoms with van der Waals surface area (Å²) in [5, 5.41) is 10.8. The Labute approximate surface area is 148 Å². The predicted octanol–water partition coefficient (Wildman–Crippen LogP) is 2.67. The highest BCUT2D eigenvalue weighted by Gasteiger charge is 2.19. The van der Waals surface area contributed by atoms with E-state index in [0.29, 0.717) is 17.3 Å². The number of thioether (sulfide) groups is 1. The number of hydrogen-bond acceptors (Lipinski definition) is 8. The molecule has 9 heteroatoms. The number of aromatic nitrogens is 4. The Morgan fingerprint density at radius 2 is 2.20 bits per heavy atom. The van der Waals surface area contributed by atoms with Crippen LogP contribution < -0.4 is 10.6 Å². The molecule has 1 aliphatic rings. The first-order chi connectivity index (χ1) is 12.2. The maximum Gasteiger partial charge on any atom is 0.200 e. The lowest BCUT2D eigenvalue weighted by atomic mass is 10.3. The zero-order valence-corrected chi connectivity index (χ0v) is 14.5. The van der Waals surface area contributed by atoms with E-state index in [-0.39, 0.29) is 0 Å². The van der Waals surface area contributed by atoms with Gasteiger partial charge in [0, 0.05) is 18.9 Å². The van der Waals surface area contributed by atoms with Crippen LogP contribution in [-0.2, 0) is 11.9 Å². The van der Waals surface area contributed by atoms with Crippen LogP contribution in [0.3, 0.4) is 0 Å². The summed E-state index contributed by atoms with van der Waals surface area (Å²) >= 11 is 1.54. The van der Waals surface area contributed by atoms with E-state index in [1.807, 2.05) is 49.0 Å². The highest BCUT2D eigenvalue weighted by Crippen LogP contribution is 2.26. The Balaban J connectivity index is 1.38. The zero-order valence-electron chi connectivity index (χ0n) is 13.7. The van der Waals surface area contributed by atoms with Gasteiger partial charge in [0.1, 0.15) is 5.69 Å². The van der Waals surface area contributed by atoms with Gasteiger partial charge < -0.3 is 13.8 Å². The number of nitrogens with zero attached hydrogens (tertiary/aromatic N) is 5. The lowest BCUT2D eigenvalue weighted by molar-refractivity contribution is 0.194. The smallest absolute Gasteiger partial charge is 0.200 e. The van der Waals surface area contributed by atoms with Crippen LogP contribution in [0.25, 0.3) is 11.6 Å². The second kappa shape index (κ2) is 6.52. The van der Waals surface area contributed by atoms with Crippen molar-refractivity contribution >= 4 is 17.4 Å². The predicted molar refractivity (Wildman–Crippen MR) is 93.2 cm³/mol. The molecule has 0 spiro atoms. The molecule has 3 aromatic heterocycles. The van der Waals surface area contributed by atoms with Crippen LogP contribution >= 0.6 is 11.8 Å². The highest BCUT2D eigenvalue weighted by molar-refractivity contribution is 7.99. The molecule has 0 aliphatic carbocycles. The molecule has 0 amide bonds. The van der Waals surface area contributed by atoms with Crippen molar-refractivity contribution in [1.82, 2.24) is 25.2 Å². The number of hydrogen-bond donors (Lipinski definition) is 1. The topological polar surface area (TPSA) is 81.2 Å². The van der Waals surface area contributed by atoms with Crippen LogP contribution in [0.2, 0.25) is 0 Å². The van der Waals surface area contributed by atoms with E-state index in [1.165, 1.54) is 11.8 Å². The second-order valence-corrected chi connectivity index (χ2v) is 6.35. The molecule has 128 valence electrons. The molecular weight excluding hydrogens is 340 g/mol. The van der Waals surface area contributed by atoms with Crippen LogP contribution in [0.4, 0.5) is 5.69 Å². The van der Waals surface area contributed by atoms with Crippen molar-refractivity contribution in [3.05, 3.63) is 54.4 Å². The third-order valence-corrected chi connectivity index (χ3v) is 4.63. The van der Waals surface area contributed by atoms with Crippen molar-refractivity contribution in [2.45, 2.75) is 12.1 Å². The fraction of sp³-hybridized carbons (Fsp3) is 0.188. The van der Waals surface area contributed by atoms with E-state index < -0.39 is 0 Å². The SMILES string of the molecule is Cc1cc(N2NC=C(CSc3nnc(-c4ccco4)n3C)O2)ccn1. The fourth-order valence-electron chi connectivity index (χ4n) is 2.35. The molecule has 1 aliphatic heterocycles. The Hall–Kier alpha value is -2.94. The maximum absolute atomic E-state index is 5.80. The molecule has 1 N–H and O–H groups in total. The van der Waals surface area contributed by atoms with Gasteiger partial charge in [-0.25, -0.2) is 0 Å². The van der Waals surface area contributed by atoms with Gasteiger partial charge >= 0.3 is 0 Å². The van der Waals surface area contributed by atoms with E-state index in [4.69, 9.17) is 9.25 Å². The summed E-state index contributed by atoms with van der Waals surface area (Å²) in [7, 11) is 1.91. The minimum Gasteiger partial charge on any atom is -0.461 e. The molecule has 4 heterocycles. The van der Waals surface area contributed by atoms with Crippen molar-refractivity contribution in [2.24, 2.45) is 7.05 Å². The third-order valence-electron chi connectivity index (χ3n) is 3.59. The Morgan fingerprint density at radius 3 is 3.00 bits per heavy atom. The van der Waals surface area contributed by atoms with Crippen LogP contribution in [0, 0.1) is 6.92 Å². The number of rotatable bonds is 5. The van der Waals surface area contributed by atoms with Crippen molar-refractivity contribution in [3.8, 4) is 11.6 Å². The Bertz CT molecular complexity index is 905. The van der Waals surface area contributed by atoms with Crippen LogP contribution in [-0.4, -0.2) is 25.5 Å². The van der Waals surface area contributed by atoms with Crippen molar-refractivity contribution in [1.29, 1.82) is 0 Å². The first kappa shape index (κ1) is 15.6. The number of aryl methyl sites for hydroxylation is 1. The molecule has 0 atom stereocenters. The van der Waals surface area contributed by atoms with Gasteiger partial charge in [-0.05, 0) is 31.2 Å². The number of pyridine rings is 1. The number of anilines is 1. The van der Waals surface area contributed by atoms with Gasteiger partial charge in [-0.3, -0.25) is 10.4 Å². The Kier molecular flexibility index (Phi) is 4.06. The van der Waals surface area contributed by atoms with Crippen molar-refractivity contribution in [2.75, 3.05) is 10.9 Å². The summed E-state index contributed by atoms with van der Waals surface area (Å²) in [6, 6.07) is 7.51. The molecule has 4 rings (SSSR count). The molecule has 0 bridgehead atoms. The zero-order chi connectivity index (χ0) is 17.2. The molecule has 0 saturated heterocycles. The summed E-state index contributed by atoms with van der Waals surface area (Å²) in [5.41, 5.74) is 4.90. The van der Waals surface area contributed by atoms with Gasteiger partial charge in [-0.1, -0.05) is 11.8 Å². The molecule has 0 saturated carbocycles. The molecule has 0 aromatic carbocycles. The number of hydrazine groups is 1. The summed E-state index contributed by atoms with van der Waals surface area (Å²) in [4.78, 5) is 9.98. The monoisotopic (exact) mass is 356 g/mol. The van der Waals surface area contributed by atoms with E-state index in [2.05, 4.69) is 20.6 Å². The standard InChI is InChI=1S/C16H16N6O2S/c1-11-8-12(5-6-17-11)22-18-9-13(24-22)10-25-16-20-19-15(21(16)2)14-4-3-7-23-14/h3-9,18H,10H2,1-2H3. The van der Waals surface area contributed by atoms with Gasteiger partial charge in [0.15, 0.2) is 22.5 Å². The summed E-state index contributed by atoms with van der Waals surface area (Å²) in [6.07, 6.45) is 5.19. The van der Waals surface area contributed by atoms with E-state index in [9.17, 15) is 0 Å². The van der Waals surface area contributed by atoms with Gasteiger partial charge in [-0.2, -0.15) is 0 Å². The second-order valence-electron chi connectivity index (χ2n) is 5.41. The quantitative estimate of drug-likeness (QED) is 0.699. The van der Waals surface area contributed by atoms with Crippen LogP contribution in [0.15, 0.2) is 58.3 Å². The molecule has 0 radical (unpaired) electrons. The summed E-state index contributed by atoms with van der Waals surface area (Å²) < 4.78 is 7.27. The third kappa shape index (κ3) is 3.18. The summed E-state index contributed by atoms with van der Waals surface area (Å²) in [6.45, 7) is 1.94. The highest BCUT2D eigenvalue weighted by atomic mass is 32.2. The van der Waals surface area contributed by atoms with E-state index >= 15 is 0 Å². The number of nitrogens with one attached hydrogen (secondary N) is 1. The molecular formula is C16H16N6O2S. The largest absolute Gasteiger partial charge is 0.461 e. The van der Waals surface area contributed by atoms with Gasteiger partial charge in [-0.15, -0.1) is 15.4 Å². The minimum atomic E-state index is 0.623.